The molecule has 2 aliphatic heterocycles. The van der Waals surface area contributed by atoms with Crippen LogP contribution in [0.1, 0.15) is 17.5 Å². The third kappa shape index (κ3) is 4.91. The monoisotopic (exact) mass is 442 g/mol. The number of aryl methyl sites for hydroxylation is 1. The van der Waals surface area contributed by atoms with Crippen molar-refractivity contribution in [1.82, 2.24) is 9.21 Å². The summed E-state index contributed by atoms with van der Waals surface area (Å²) < 4.78 is 38.4. The number of hydrogen-bond donors (Lipinski definition) is 0. The minimum absolute atomic E-state index is 0.135. The molecule has 7 nitrogen and oxygen atoms in total. The SMILES string of the molecule is Cc1ccc(S(=O)(=O)N2CCCN(C(=O)/C=C/c3ccc4c(c3)OCCO4)CC2)cc1. The summed E-state index contributed by atoms with van der Waals surface area (Å²) in [5, 5.41) is 0. The van der Waals surface area contributed by atoms with Crippen LogP contribution < -0.4 is 9.47 Å². The molecule has 4 rings (SSSR count). The molecule has 0 aromatic heterocycles. The lowest BCUT2D eigenvalue weighted by atomic mass is 10.1. The van der Waals surface area contributed by atoms with E-state index < -0.39 is 10.0 Å². The molecule has 0 spiro atoms. The maximum absolute atomic E-state index is 12.9. The van der Waals surface area contributed by atoms with Gasteiger partial charge >= 0.3 is 0 Å². The second-order valence-electron chi connectivity index (χ2n) is 7.63. The van der Waals surface area contributed by atoms with Gasteiger partial charge in [0.25, 0.3) is 0 Å². The van der Waals surface area contributed by atoms with Gasteiger partial charge in [0, 0.05) is 32.3 Å². The van der Waals surface area contributed by atoms with E-state index >= 15 is 0 Å². The normalized spacial score (nSPS) is 17.5. The van der Waals surface area contributed by atoms with Crippen molar-refractivity contribution >= 4 is 22.0 Å². The summed E-state index contributed by atoms with van der Waals surface area (Å²) in [6.45, 7) is 4.51. The number of nitrogens with zero attached hydrogens (tertiary/aromatic N) is 2. The Kier molecular flexibility index (Phi) is 6.29. The quantitative estimate of drug-likeness (QED) is 0.681. The van der Waals surface area contributed by atoms with Crippen molar-refractivity contribution in [2.75, 3.05) is 39.4 Å². The van der Waals surface area contributed by atoms with E-state index in [0.717, 1.165) is 11.1 Å². The van der Waals surface area contributed by atoms with Gasteiger partial charge in [-0.15, -0.1) is 0 Å². The Labute approximate surface area is 182 Å². The number of sulfonamides is 1. The van der Waals surface area contributed by atoms with Crippen LogP contribution in [0, 0.1) is 6.92 Å². The Morgan fingerprint density at radius 2 is 1.68 bits per heavy atom. The molecule has 0 saturated carbocycles. The van der Waals surface area contributed by atoms with E-state index in [1.165, 1.54) is 10.4 Å². The number of benzene rings is 2. The molecule has 0 N–H and O–H groups in total. The zero-order chi connectivity index (χ0) is 21.8. The molecule has 0 radical (unpaired) electrons. The highest BCUT2D eigenvalue weighted by atomic mass is 32.2. The van der Waals surface area contributed by atoms with Gasteiger partial charge in [0.2, 0.25) is 15.9 Å². The summed E-state index contributed by atoms with van der Waals surface area (Å²) >= 11 is 0. The first-order valence-electron chi connectivity index (χ1n) is 10.4. The highest BCUT2D eigenvalue weighted by Crippen LogP contribution is 2.31. The fraction of sp³-hybridized carbons (Fsp3) is 0.348. The standard InChI is InChI=1S/C23H26N2O5S/c1-18-3-7-20(8-4-18)31(27,28)25-12-2-11-24(13-14-25)23(26)10-6-19-5-9-21-22(17-19)30-16-15-29-21/h3-10,17H,2,11-16H2,1H3/b10-6+. The number of rotatable bonds is 4. The largest absolute Gasteiger partial charge is 0.486 e. The van der Waals surface area contributed by atoms with Gasteiger partial charge in [0.05, 0.1) is 4.90 Å². The summed E-state index contributed by atoms with van der Waals surface area (Å²) in [6.07, 6.45) is 3.86. The number of carbonyl (C=O) groups is 1. The van der Waals surface area contributed by atoms with Crippen LogP contribution in [0.4, 0.5) is 0 Å². The van der Waals surface area contributed by atoms with Crippen molar-refractivity contribution in [2.45, 2.75) is 18.2 Å². The van der Waals surface area contributed by atoms with Crippen LogP contribution in [0.3, 0.4) is 0 Å². The van der Waals surface area contributed by atoms with Crippen molar-refractivity contribution in [3.8, 4) is 11.5 Å². The van der Waals surface area contributed by atoms with Crippen LogP contribution in [-0.4, -0.2) is 62.9 Å². The predicted molar refractivity (Wildman–Crippen MR) is 118 cm³/mol. The van der Waals surface area contributed by atoms with Crippen LogP contribution in [0.5, 0.6) is 11.5 Å². The molecule has 31 heavy (non-hydrogen) atoms. The number of fused-ring (bicyclic) bond motifs is 1. The zero-order valence-corrected chi connectivity index (χ0v) is 18.3. The second kappa shape index (κ2) is 9.11. The first-order valence-corrected chi connectivity index (χ1v) is 11.8. The van der Waals surface area contributed by atoms with Crippen molar-refractivity contribution in [3.63, 3.8) is 0 Å². The van der Waals surface area contributed by atoms with E-state index in [4.69, 9.17) is 9.47 Å². The highest BCUT2D eigenvalue weighted by molar-refractivity contribution is 7.89. The lowest BCUT2D eigenvalue weighted by Gasteiger charge is -2.21. The summed E-state index contributed by atoms with van der Waals surface area (Å²) in [6, 6.07) is 12.4. The Morgan fingerprint density at radius 3 is 2.45 bits per heavy atom. The molecular weight excluding hydrogens is 416 g/mol. The summed E-state index contributed by atoms with van der Waals surface area (Å²) in [5.74, 6) is 1.24. The van der Waals surface area contributed by atoms with Crippen LogP contribution in [0.25, 0.3) is 6.08 Å². The van der Waals surface area contributed by atoms with Crippen LogP contribution in [0.2, 0.25) is 0 Å². The Hall–Kier alpha value is -2.84. The first-order chi connectivity index (χ1) is 14.9. The van der Waals surface area contributed by atoms with Crippen molar-refractivity contribution in [1.29, 1.82) is 0 Å². The van der Waals surface area contributed by atoms with Gasteiger partial charge in [-0.2, -0.15) is 4.31 Å². The third-order valence-corrected chi connectivity index (χ3v) is 7.32. The minimum atomic E-state index is -3.56. The maximum atomic E-state index is 12.9. The molecule has 1 saturated heterocycles. The van der Waals surface area contributed by atoms with Crippen molar-refractivity contribution in [3.05, 3.63) is 59.7 Å². The summed E-state index contributed by atoms with van der Waals surface area (Å²) in [7, 11) is -3.56. The molecule has 2 heterocycles. The van der Waals surface area contributed by atoms with E-state index in [-0.39, 0.29) is 17.3 Å². The minimum Gasteiger partial charge on any atom is -0.486 e. The molecule has 164 valence electrons. The van der Waals surface area contributed by atoms with E-state index in [9.17, 15) is 13.2 Å². The maximum Gasteiger partial charge on any atom is 0.246 e. The Bertz CT molecular complexity index is 1080. The molecular formula is C23H26N2O5S. The zero-order valence-electron chi connectivity index (χ0n) is 17.5. The van der Waals surface area contributed by atoms with Gasteiger partial charge < -0.3 is 14.4 Å². The number of carbonyl (C=O) groups excluding carboxylic acids is 1. The smallest absolute Gasteiger partial charge is 0.246 e. The molecule has 1 amide bonds. The molecule has 0 aliphatic carbocycles. The van der Waals surface area contributed by atoms with Gasteiger partial charge in [0.15, 0.2) is 11.5 Å². The molecule has 2 aromatic carbocycles. The van der Waals surface area contributed by atoms with Crippen molar-refractivity contribution < 1.29 is 22.7 Å². The topological polar surface area (TPSA) is 76.2 Å². The fourth-order valence-electron chi connectivity index (χ4n) is 3.65. The van der Waals surface area contributed by atoms with Crippen LogP contribution in [-0.2, 0) is 14.8 Å². The highest BCUT2D eigenvalue weighted by Gasteiger charge is 2.27. The molecule has 2 aromatic rings. The van der Waals surface area contributed by atoms with Gasteiger partial charge in [-0.25, -0.2) is 8.42 Å². The molecule has 0 bridgehead atoms. The molecule has 2 aliphatic rings. The number of ether oxygens (including phenoxy) is 2. The Balaban J connectivity index is 1.39. The van der Waals surface area contributed by atoms with Crippen LogP contribution in [0.15, 0.2) is 53.4 Å². The van der Waals surface area contributed by atoms with Gasteiger partial charge in [-0.05, 0) is 49.2 Å². The predicted octanol–water partition coefficient (Wildman–Crippen LogP) is 2.70. The van der Waals surface area contributed by atoms with E-state index in [1.54, 1.807) is 35.2 Å². The second-order valence-corrected chi connectivity index (χ2v) is 9.57. The lowest BCUT2D eigenvalue weighted by Crippen LogP contribution is -2.36. The fourth-order valence-corrected chi connectivity index (χ4v) is 5.12. The molecule has 1 fully saturated rings. The third-order valence-electron chi connectivity index (χ3n) is 5.41. The molecule has 0 unspecified atom stereocenters. The number of hydrogen-bond acceptors (Lipinski definition) is 5. The summed E-state index contributed by atoms with van der Waals surface area (Å²) in [4.78, 5) is 14.7. The van der Waals surface area contributed by atoms with Crippen molar-refractivity contribution in [2.24, 2.45) is 0 Å². The molecule has 0 atom stereocenters. The average molecular weight is 443 g/mol. The molecule has 8 heteroatoms. The number of amides is 1. The van der Waals surface area contributed by atoms with Gasteiger partial charge in [0.1, 0.15) is 13.2 Å². The average Bonchev–Trinajstić information content (AvgIpc) is 3.05. The van der Waals surface area contributed by atoms with E-state index in [2.05, 4.69) is 0 Å². The van der Waals surface area contributed by atoms with Gasteiger partial charge in [-0.1, -0.05) is 23.8 Å². The van der Waals surface area contributed by atoms with E-state index in [1.807, 2.05) is 25.1 Å². The summed E-state index contributed by atoms with van der Waals surface area (Å²) in [5.41, 5.74) is 1.85. The van der Waals surface area contributed by atoms with E-state index in [0.29, 0.717) is 50.8 Å². The first kappa shape index (κ1) is 21.4. The van der Waals surface area contributed by atoms with Gasteiger partial charge in [-0.3, -0.25) is 4.79 Å². The Morgan fingerprint density at radius 1 is 0.935 bits per heavy atom. The lowest BCUT2D eigenvalue weighted by molar-refractivity contribution is -0.125. The van der Waals surface area contributed by atoms with Crippen LogP contribution >= 0.6 is 0 Å².